The minimum atomic E-state index is -1.33. The topological polar surface area (TPSA) is 0 Å². The van der Waals surface area contributed by atoms with E-state index in [1.54, 1.807) is 13.0 Å². The van der Waals surface area contributed by atoms with Crippen molar-refractivity contribution in [1.82, 2.24) is 0 Å². The molecule has 0 saturated carbocycles. The van der Waals surface area contributed by atoms with E-state index in [1.165, 1.54) is 6.08 Å². The second-order valence-electron chi connectivity index (χ2n) is 3.13. The maximum atomic E-state index is 13.2. The van der Waals surface area contributed by atoms with Gasteiger partial charge in [0, 0.05) is 11.1 Å². The Kier molecular flexibility index (Phi) is 3.50. The van der Waals surface area contributed by atoms with Gasteiger partial charge in [-0.05, 0) is 20.3 Å². The lowest BCUT2D eigenvalue weighted by atomic mass is 10.1. The first-order valence-corrected chi connectivity index (χ1v) is 4.43. The second kappa shape index (κ2) is 4.47. The van der Waals surface area contributed by atoms with Gasteiger partial charge in [-0.1, -0.05) is 12.2 Å². The smallest absolute Gasteiger partial charge is 0.165 e. The van der Waals surface area contributed by atoms with Crippen LogP contribution in [0.15, 0.2) is 12.2 Å². The standard InChI is InChI=1S/C11H10F4/c1-3-4-5-7-10(14)8(12)6(2)9(13)11(7)15/h3-4H,5H2,1-2H3. The maximum absolute atomic E-state index is 13.2. The number of allylic oxidation sites excluding steroid dienone is 2. The zero-order chi connectivity index (χ0) is 11.6. The van der Waals surface area contributed by atoms with Gasteiger partial charge in [0.2, 0.25) is 0 Å². The van der Waals surface area contributed by atoms with Crippen molar-refractivity contribution in [3.05, 3.63) is 46.5 Å². The van der Waals surface area contributed by atoms with Crippen LogP contribution in [-0.2, 0) is 6.42 Å². The van der Waals surface area contributed by atoms with E-state index >= 15 is 0 Å². The van der Waals surface area contributed by atoms with Gasteiger partial charge in [-0.25, -0.2) is 17.6 Å². The zero-order valence-corrected chi connectivity index (χ0v) is 8.37. The van der Waals surface area contributed by atoms with E-state index in [0.717, 1.165) is 6.92 Å². The summed E-state index contributed by atoms with van der Waals surface area (Å²) in [6.45, 7) is 2.65. The zero-order valence-electron chi connectivity index (χ0n) is 8.37. The Hall–Kier alpha value is -1.32. The van der Waals surface area contributed by atoms with Gasteiger partial charge in [0.1, 0.15) is 0 Å². The van der Waals surface area contributed by atoms with Gasteiger partial charge in [0.15, 0.2) is 23.3 Å². The molecule has 1 aromatic carbocycles. The average molecular weight is 218 g/mol. The molecule has 0 N–H and O–H groups in total. The van der Waals surface area contributed by atoms with Gasteiger partial charge < -0.3 is 0 Å². The molecule has 0 radical (unpaired) electrons. The highest BCUT2D eigenvalue weighted by molar-refractivity contribution is 5.30. The second-order valence-corrected chi connectivity index (χ2v) is 3.13. The number of hydrogen-bond acceptors (Lipinski definition) is 0. The molecular weight excluding hydrogens is 208 g/mol. The molecule has 1 rings (SSSR count). The molecule has 0 aliphatic carbocycles. The first-order chi connectivity index (χ1) is 7.00. The normalized spacial score (nSPS) is 11.3. The molecule has 0 spiro atoms. The Bertz CT molecular complexity index is 379. The van der Waals surface area contributed by atoms with Crippen LogP contribution in [0.1, 0.15) is 18.1 Å². The van der Waals surface area contributed by atoms with E-state index in [4.69, 9.17) is 0 Å². The Labute approximate surface area is 85.2 Å². The summed E-state index contributed by atoms with van der Waals surface area (Å²) in [5.41, 5.74) is -1.21. The number of rotatable bonds is 2. The van der Waals surface area contributed by atoms with E-state index in [1.807, 2.05) is 0 Å². The first-order valence-electron chi connectivity index (χ1n) is 4.43. The van der Waals surface area contributed by atoms with Crippen LogP contribution >= 0.6 is 0 Å². The van der Waals surface area contributed by atoms with E-state index in [-0.39, 0.29) is 6.42 Å². The molecule has 0 heterocycles. The summed E-state index contributed by atoms with van der Waals surface area (Å²) < 4.78 is 52.5. The molecule has 1 aromatic rings. The quantitative estimate of drug-likeness (QED) is 0.403. The highest BCUT2D eigenvalue weighted by Crippen LogP contribution is 2.23. The van der Waals surface area contributed by atoms with Crippen LogP contribution in [0.25, 0.3) is 0 Å². The molecule has 0 fully saturated rings. The largest absolute Gasteiger partial charge is 0.203 e. The van der Waals surface area contributed by atoms with Gasteiger partial charge in [-0.15, -0.1) is 0 Å². The molecule has 15 heavy (non-hydrogen) atoms. The van der Waals surface area contributed by atoms with Gasteiger partial charge in [-0.2, -0.15) is 0 Å². The fraction of sp³-hybridized carbons (Fsp3) is 0.273. The van der Waals surface area contributed by atoms with Crippen LogP contribution in [0, 0.1) is 30.2 Å². The molecule has 0 aliphatic rings. The summed E-state index contributed by atoms with van der Waals surface area (Å²) in [5, 5.41) is 0. The minimum Gasteiger partial charge on any atom is -0.203 e. The monoisotopic (exact) mass is 218 g/mol. The van der Waals surface area contributed by atoms with Crippen molar-refractivity contribution in [2.75, 3.05) is 0 Å². The van der Waals surface area contributed by atoms with E-state index in [0.29, 0.717) is 0 Å². The average Bonchev–Trinajstić information content (AvgIpc) is 2.24. The lowest BCUT2D eigenvalue weighted by molar-refractivity contribution is 0.434. The third kappa shape index (κ3) is 2.03. The van der Waals surface area contributed by atoms with Crippen molar-refractivity contribution in [2.45, 2.75) is 20.3 Å². The summed E-state index contributed by atoms with van der Waals surface area (Å²) in [6.07, 6.45) is 2.81. The van der Waals surface area contributed by atoms with Crippen molar-refractivity contribution in [1.29, 1.82) is 0 Å². The van der Waals surface area contributed by atoms with E-state index in [2.05, 4.69) is 0 Å². The van der Waals surface area contributed by atoms with Crippen molar-refractivity contribution in [3.63, 3.8) is 0 Å². The Morgan fingerprint density at radius 1 is 0.933 bits per heavy atom. The molecule has 0 nitrogen and oxygen atoms in total. The summed E-state index contributed by atoms with van der Waals surface area (Å²) in [7, 11) is 0. The first kappa shape index (κ1) is 11.8. The van der Waals surface area contributed by atoms with Crippen molar-refractivity contribution in [3.8, 4) is 0 Å². The van der Waals surface area contributed by atoms with Gasteiger partial charge in [0.25, 0.3) is 0 Å². The Balaban J connectivity index is 3.38. The molecule has 0 aromatic heterocycles. The van der Waals surface area contributed by atoms with Crippen LogP contribution in [0.4, 0.5) is 17.6 Å². The molecule has 0 unspecified atom stereocenters. The molecule has 82 valence electrons. The maximum Gasteiger partial charge on any atom is 0.165 e. The van der Waals surface area contributed by atoms with E-state index < -0.39 is 34.4 Å². The van der Waals surface area contributed by atoms with Crippen LogP contribution in [-0.4, -0.2) is 0 Å². The van der Waals surface area contributed by atoms with Crippen LogP contribution in [0.3, 0.4) is 0 Å². The third-order valence-electron chi connectivity index (χ3n) is 2.13. The highest BCUT2D eigenvalue weighted by atomic mass is 19.2. The lowest BCUT2D eigenvalue weighted by Crippen LogP contribution is -2.05. The summed E-state index contributed by atoms with van der Waals surface area (Å²) in [4.78, 5) is 0. The summed E-state index contributed by atoms with van der Waals surface area (Å²) in [6, 6.07) is 0. The van der Waals surface area contributed by atoms with Crippen LogP contribution in [0.5, 0.6) is 0 Å². The van der Waals surface area contributed by atoms with Gasteiger partial charge in [0.05, 0.1) is 0 Å². The minimum absolute atomic E-state index is 0.164. The molecule has 0 amide bonds. The van der Waals surface area contributed by atoms with Crippen LogP contribution in [0.2, 0.25) is 0 Å². The number of halogens is 4. The molecule has 0 atom stereocenters. The summed E-state index contributed by atoms with van der Waals surface area (Å²) in [5.74, 6) is -5.28. The number of benzene rings is 1. The fourth-order valence-electron chi connectivity index (χ4n) is 1.20. The predicted molar refractivity (Wildman–Crippen MR) is 49.5 cm³/mol. The fourth-order valence-corrected chi connectivity index (χ4v) is 1.20. The van der Waals surface area contributed by atoms with Gasteiger partial charge in [-0.3, -0.25) is 0 Å². The summed E-state index contributed by atoms with van der Waals surface area (Å²) >= 11 is 0. The third-order valence-corrected chi connectivity index (χ3v) is 2.13. The Morgan fingerprint density at radius 2 is 1.40 bits per heavy atom. The van der Waals surface area contributed by atoms with Crippen LogP contribution < -0.4 is 0 Å². The van der Waals surface area contributed by atoms with Crippen molar-refractivity contribution in [2.24, 2.45) is 0 Å². The molecule has 0 bridgehead atoms. The van der Waals surface area contributed by atoms with Gasteiger partial charge >= 0.3 is 0 Å². The molecule has 0 aliphatic heterocycles. The lowest BCUT2D eigenvalue weighted by Gasteiger charge is -2.07. The highest BCUT2D eigenvalue weighted by Gasteiger charge is 2.21. The Morgan fingerprint density at radius 3 is 1.80 bits per heavy atom. The number of hydrogen-bond donors (Lipinski definition) is 0. The SMILES string of the molecule is CC=CCc1c(F)c(F)c(C)c(F)c1F. The van der Waals surface area contributed by atoms with Crippen molar-refractivity contribution >= 4 is 0 Å². The van der Waals surface area contributed by atoms with E-state index in [9.17, 15) is 17.6 Å². The molecular formula is C11H10F4. The predicted octanol–water partition coefficient (Wildman–Crippen LogP) is 3.67. The van der Waals surface area contributed by atoms with Crippen molar-refractivity contribution < 1.29 is 17.6 Å². The molecule has 0 saturated heterocycles. The molecule has 4 heteroatoms.